The first-order valence-corrected chi connectivity index (χ1v) is 8.02. The van der Waals surface area contributed by atoms with E-state index in [0.29, 0.717) is 23.4 Å². The molecule has 0 aliphatic rings. The van der Waals surface area contributed by atoms with Crippen LogP contribution in [-0.2, 0) is 20.9 Å². The third kappa shape index (κ3) is 6.40. The molecule has 0 unspecified atom stereocenters. The van der Waals surface area contributed by atoms with Crippen molar-refractivity contribution in [3.63, 3.8) is 0 Å². The van der Waals surface area contributed by atoms with Crippen molar-refractivity contribution in [3.8, 4) is 0 Å². The zero-order valence-corrected chi connectivity index (χ0v) is 15.9. The molecule has 144 valence electrons. The Balaban J connectivity index is 0.00000364. The number of nitrogen functional groups attached to an aromatic ring is 1. The fourth-order valence-corrected chi connectivity index (χ4v) is 2.42. The lowest BCUT2D eigenvalue weighted by Crippen LogP contribution is -2.30. The van der Waals surface area contributed by atoms with Gasteiger partial charge in [0.1, 0.15) is 5.84 Å². The van der Waals surface area contributed by atoms with Gasteiger partial charge in [-0.3, -0.25) is 15.0 Å². The van der Waals surface area contributed by atoms with E-state index in [2.05, 4.69) is 10.6 Å². The van der Waals surface area contributed by atoms with Crippen LogP contribution in [0.3, 0.4) is 0 Å². The Bertz CT molecular complexity index is 792. The summed E-state index contributed by atoms with van der Waals surface area (Å²) in [7, 11) is 1.47. The summed E-state index contributed by atoms with van der Waals surface area (Å²) in [4.78, 5) is 23.5. The van der Waals surface area contributed by atoms with E-state index in [1.165, 1.54) is 14.0 Å². The van der Waals surface area contributed by atoms with E-state index in [0.717, 1.165) is 5.56 Å². The maximum Gasteiger partial charge on any atom is 0.254 e. The van der Waals surface area contributed by atoms with Gasteiger partial charge in [0.25, 0.3) is 5.91 Å². The molecule has 0 spiro atoms. The number of nitrogens with one attached hydrogen (secondary N) is 3. The van der Waals surface area contributed by atoms with E-state index in [4.69, 9.17) is 15.9 Å². The number of hydrogen-bond donors (Lipinski definition) is 4. The van der Waals surface area contributed by atoms with E-state index in [1.807, 2.05) is 0 Å². The van der Waals surface area contributed by atoms with Crippen LogP contribution in [0.1, 0.15) is 29.7 Å². The largest absolute Gasteiger partial charge is 0.384 e. The average molecular weight is 391 g/mol. The Labute approximate surface area is 164 Å². The minimum absolute atomic E-state index is 0. The van der Waals surface area contributed by atoms with Gasteiger partial charge in [-0.1, -0.05) is 36.4 Å². The van der Waals surface area contributed by atoms with Gasteiger partial charge in [0, 0.05) is 31.8 Å². The van der Waals surface area contributed by atoms with E-state index in [-0.39, 0.29) is 30.1 Å². The number of benzene rings is 2. The number of ether oxygens (including phenoxy) is 1. The van der Waals surface area contributed by atoms with Crippen LogP contribution < -0.4 is 16.4 Å². The van der Waals surface area contributed by atoms with Crippen LogP contribution in [0.2, 0.25) is 0 Å². The summed E-state index contributed by atoms with van der Waals surface area (Å²) in [5.74, 6) is -0.423. The molecule has 2 aromatic rings. The number of halogens is 1. The molecule has 0 heterocycles. The SMILES string of the molecule is CO[C@H](C(=O)NCc1ccc(C(=N)N)cc1)c1ccc(NC(C)=O)cc1.Cl. The smallest absolute Gasteiger partial charge is 0.254 e. The summed E-state index contributed by atoms with van der Waals surface area (Å²) < 4.78 is 5.31. The number of amidine groups is 1. The monoisotopic (exact) mass is 390 g/mol. The first kappa shape index (κ1) is 22.1. The van der Waals surface area contributed by atoms with Crippen molar-refractivity contribution in [3.05, 3.63) is 65.2 Å². The topological polar surface area (TPSA) is 117 Å². The number of amides is 2. The molecule has 1 atom stereocenters. The molecule has 0 aromatic heterocycles. The number of rotatable bonds is 7. The van der Waals surface area contributed by atoms with Gasteiger partial charge in [-0.15, -0.1) is 12.4 Å². The predicted molar refractivity (Wildman–Crippen MR) is 107 cm³/mol. The quantitative estimate of drug-likeness (QED) is 0.428. The number of carbonyl (C=O) groups is 2. The third-order valence-corrected chi connectivity index (χ3v) is 3.74. The molecule has 5 N–H and O–H groups in total. The van der Waals surface area contributed by atoms with E-state index in [1.54, 1.807) is 48.5 Å². The lowest BCUT2D eigenvalue weighted by molar-refractivity contribution is -0.131. The van der Waals surface area contributed by atoms with E-state index < -0.39 is 6.10 Å². The van der Waals surface area contributed by atoms with E-state index in [9.17, 15) is 9.59 Å². The highest BCUT2D eigenvalue weighted by Crippen LogP contribution is 2.19. The Morgan fingerprint density at radius 1 is 1.11 bits per heavy atom. The molecule has 0 aliphatic heterocycles. The van der Waals surface area contributed by atoms with Gasteiger partial charge >= 0.3 is 0 Å². The van der Waals surface area contributed by atoms with Crippen molar-refractivity contribution in [1.82, 2.24) is 5.32 Å². The van der Waals surface area contributed by atoms with Crippen molar-refractivity contribution in [2.45, 2.75) is 19.6 Å². The minimum atomic E-state index is -0.752. The van der Waals surface area contributed by atoms with Crippen molar-refractivity contribution in [1.29, 1.82) is 5.41 Å². The molecule has 0 bridgehead atoms. The Morgan fingerprint density at radius 2 is 1.70 bits per heavy atom. The molecule has 0 saturated heterocycles. The zero-order valence-electron chi connectivity index (χ0n) is 15.1. The Morgan fingerprint density at radius 3 is 2.19 bits per heavy atom. The summed E-state index contributed by atoms with van der Waals surface area (Å²) in [5.41, 5.74) is 8.28. The van der Waals surface area contributed by atoms with Crippen molar-refractivity contribution in [2.75, 3.05) is 12.4 Å². The van der Waals surface area contributed by atoms with Gasteiger partial charge in [0.15, 0.2) is 6.10 Å². The van der Waals surface area contributed by atoms with Crippen LogP contribution in [0.25, 0.3) is 0 Å². The number of nitrogens with two attached hydrogens (primary N) is 1. The van der Waals surface area contributed by atoms with Gasteiger partial charge in [0.2, 0.25) is 5.91 Å². The van der Waals surface area contributed by atoms with Crippen molar-refractivity contribution < 1.29 is 14.3 Å². The summed E-state index contributed by atoms with van der Waals surface area (Å²) in [6, 6.07) is 14.0. The highest BCUT2D eigenvalue weighted by molar-refractivity contribution is 5.94. The van der Waals surface area contributed by atoms with Gasteiger partial charge in [-0.25, -0.2) is 0 Å². The number of methoxy groups -OCH3 is 1. The summed E-state index contributed by atoms with van der Waals surface area (Å²) in [6.45, 7) is 1.77. The van der Waals surface area contributed by atoms with Crippen molar-refractivity contribution in [2.24, 2.45) is 5.73 Å². The summed E-state index contributed by atoms with van der Waals surface area (Å²) >= 11 is 0. The second kappa shape index (κ2) is 10.3. The van der Waals surface area contributed by atoms with Crippen LogP contribution in [0.5, 0.6) is 0 Å². The fourth-order valence-electron chi connectivity index (χ4n) is 2.42. The third-order valence-electron chi connectivity index (χ3n) is 3.74. The lowest BCUT2D eigenvalue weighted by Gasteiger charge is -2.16. The molecule has 7 nitrogen and oxygen atoms in total. The minimum Gasteiger partial charge on any atom is -0.384 e. The first-order valence-electron chi connectivity index (χ1n) is 8.02. The molecular formula is C19H23ClN4O3. The molecule has 8 heteroatoms. The Hall–Kier alpha value is -2.90. The maximum absolute atomic E-state index is 12.4. The molecule has 0 radical (unpaired) electrons. The average Bonchev–Trinajstić information content (AvgIpc) is 2.62. The molecule has 2 amide bonds. The summed E-state index contributed by atoms with van der Waals surface area (Å²) in [6.07, 6.45) is -0.752. The van der Waals surface area contributed by atoms with Crippen LogP contribution in [0.15, 0.2) is 48.5 Å². The second-order valence-electron chi connectivity index (χ2n) is 5.75. The van der Waals surface area contributed by atoms with Crippen LogP contribution in [0.4, 0.5) is 5.69 Å². The van der Waals surface area contributed by atoms with Gasteiger partial charge in [-0.05, 0) is 23.3 Å². The second-order valence-corrected chi connectivity index (χ2v) is 5.75. The highest BCUT2D eigenvalue weighted by Gasteiger charge is 2.19. The number of carbonyl (C=O) groups excluding carboxylic acids is 2. The predicted octanol–water partition coefficient (Wildman–Crippen LogP) is 2.35. The van der Waals surface area contributed by atoms with Gasteiger partial charge in [0.05, 0.1) is 0 Å². The molecular weight excluding hydrogens is 368 g/mol. The first-order chi connectivity index (χ1) is 12.4. The molecule has 27 heavy (non-hydrogen) atoms. The number of hydrogen-bond acceptors (Lipinski definition) is 4. The zero-order chi connectivity index (χ0) is 19.1. The van der Waals surface area contributed by atoms with E-state index >= 15 is 0 Å². The molecule has 0 aliphatic carbocycles. The molecule has 0 fully saturated rings. The molecule has 0 saturated carbocycles. The van der Waals surface area contributed by atoms with Crippen molar-refractivity contribution >= 4 is 35.7 Å². The summed E-state index contributed by atoms with van der Waals surface area (Å²) in [5, 5.41) is 12.9. The normalized spacial score (nSPS) is 11.0. The van der Waals surface area contributed by atoms with Crippen LogP contribution in [0, 0.1) is 5.41 Å². The van der Waals surface area contributed by atoms with Crippen LogP contribution >= 0.6 is 12.4 Å². The van der Waals surface area contributed by atoms with Crippen LogP contribution in [-0.4, -0.2) is 24.8 Å². The van der Waals surface area contributed by atoms with Gasteiger partial charge in [-0.2, -0.15) is 0 Å². The van der Waals surface area contributed by atoms with Gasteiger partial charge < -0.3 is 21.1 Å². The molecule has 2 rings (SSSR count). The fraction of sp³-hybridized carbons (Fsp3) is 0.211. The standard InChI is InChI=1S/C19H22N4O3.ClH/c1-12(24)23-16-9-7-14(8-10-16)17(26-2)19(25)22-11-13-3-5-15(6-4-13)18(20)21;/h3-10,17H,11H2,1-2H3,(H3,20,21)(H,22,25)(H,23,24);1H/t17-;/m0./s1. The number of anilines is 1. The molecule has 2 aromatic carbocycles. The lowest BCUT2D eigenvalue weighted by atomic mass is 10.1. The Kier molecular flexibility index (Phi) is 8.44. The highest BCUT2D eigenvalue weighted by atomic mass is 35.5. The maximum atomic E-state index is 12.4.